The van der Waals surface area contributed by atoms with Gasteiger partial charge < -0.3 is 9.84 Å². The SMILES string of the molecule is O=C(O)CCCCCCOc1ccccc1F. The van der Waals surface area contributed by atoms with Crippen LogP contribution in [0.1, 0.15) is 32.1 Å². The van der Waals surface area contributed by atoms with E-state index in [2.05, 4.69) is 0 Å². The minimum Gasteiger partial charge on any atom is -0.491 e. The predicted molar refractivity (Wildman–Crippen MR) is 62.6 cm³/mol. The second-order valence-corrected chi connectivity index (χ2v) is 3.84. The Bertz CT molecular complexity index is 352. The summed E-state index contributed by atoms with van der Waals surface area (Å²) in [6.45, 7) is 0.466. The lowest BCUT2D eigenvalue weighted by atomic mass is 10.1. The molecule has 0 aliphatic rings. The molecule has 1 N–H and O–H groups in total. The lowest BCUT2D eigenvalue weighted by Crippen LogP contribution is -1.99. The maximum absolute atomic E-state index is 13.1. The van der Waals surface area contributed by atoms with Gasteiger partial charge in [0.2, 0.25) is 0 Å². The van der Waals surface area contributed by atoms with E-state index < -0.39 is 5.97 Å². The fourth-order valence-electron chi connectivity index (χ4n) is 1.48. The van der Waals surface area contributed by atoms with Gasteiger partial charge in [-0.15, -0.1) is 0 Å². The van der Waals surface area contributed by atoms with Crippen molar-refractivity contribution in [3.8, 4) is 5.75 Å². The number of para-hydroxylation sites is 1. The lowest BCUT2D eigenvalue weighted by Gasteiger charge is -2.06. The maximum atomic E-state index is 13.1. The Morgan fingerprint density at radius 2 is 1.88 bits per heavy atom. The van der Waals surface area contributed by atoms with Gasteiger partial charge in [-0.1, -0.05) is 25.0 Å². The predicted octanol–water partition coefficient (Wildman–Crippen LogP) is 3.24. The molecule has 0 amide bonds. The highest BCUT2D eigenvalue weighted by atomic mass is 19.1. The molecule has 0 unspecified atom stereocenters. The highest BCUT2D eigenvalue weighted by Gasteiger charge is 2.01. The summed E-state index contributed by atoms with van der Waals surface area (Å²) in [6.07, 6.45) is 3.49. The summed E-state index contributed by atoms with van der Waals surface area (Å²) < 4.78 is 18.4. The average molecular weight is 240 g/mol. The fraction of sp³-hybridized carbons (Fsp3) is 0.462. The van der Waals surface area contributed by atoms with Crippen LogP contribution in [0.25, 0.3) is 0 Å². The number of hydrogen-bond donors (Lipinski definition) is 1. The van der Waals surface area contributed by atoms with Crippen LogP contribution >= 0.6 is 0 Å². The number of carbonyl (C=O) groups is 1. The highest BCUT2D eigenvalue weighted by Crippen LogP contribution is 2.15. The van der Waals surface area contributed by atoms with E-state index in [4.69, 9.17) is 9.84 Å². The second kappa shape index (κ2) is 7.65. The van der Waals surface area contributed by atoms with Crippen molar-refractivity contribution in [1.82, 2.24) is 0 Å². The molecule has 1 aromatic rings. The van der Waals surface area contributed by atoms with E-state index in [1.807, 2.05) is 0 Å². The summed E-state index contributed by atoms with van der Waals surface area (Å²) in [6, 6.07) is 6.31. The molecule has 0 saturated heterocycles. The summed E-state index contributed by atoms with van der Waals surface area (Å²) in [5, 5.41) is 8.43. The third kappa shape index (κ3) is 5.90. The van der Waals surface area contributed by atoms with Crippen LogP contribution < -0.4 is 4.74 Å². The molecule has 0 heterocycles. The fourth-order valence-corrected chi connectivity index (χ4v) is 1.48. The first kappa shape index (κ1) is 13.5. The number of unbranched alkanes of at least 4 members (excludes halogenated alkanes) is 3. The van der Waals surface area contributed by atoms with Gasteiger partial charge in [-0.2, -0.15) is 0 Å². The Labute approximate surface area is 100 Å². The monoisotopic (exact) mass is 240 g/mol. The minimum absolute atomic E-state index is 0.216. The Morgan fingerprint density at radius 1 is 1.18 bits per heavy atom. The van der Waals surface area contributed by atoms with Crippen LogP contribution in [0.3, 0.4) is 0 Å². The molecular weight excluding hydrogens is 223 g/mol. The van der Waals surface area contributed by atoms with Crippen LogP contribution in [-0.2, 0) is 4.79 Å². The number of ether oxygens (including phenoxy) is 1. The van der Waals surface area contributed by atoms with Crippen LogP contribution in [0.4, 0.5) is 4.39 Å². The Morgan fingerprint density at radius 3 is 2.59 bits per heavy atom. The molecule has 0 radical (unpaired) electrons. The molecule has 0 aliphatic carbocycles. The molecule has 0 bridgehead atoms. The molecule has 0 saturated carbocycles. The molecule has 0 atom stereocenters. The van der Waals surface area contributed by atoms with E-state index in [0.29, 0.717) is 13.0 Å². The first-order valence-corrected chi connectivity index (χ1v) is 5.79. The van der Waals surface area contributed by atoms with E-state index in [1.54, 1.807) is 18.2 Å². The number of rotatable bonds is 8. The number of hydrogen-bond acceptors (Lipinski definition) is 2. The van der Waals surface area contributed by atoms with Crippen LogP contribution in [-0.4, -0.2) is 17.7 Å². The first-order chi connectivity index (χ1) is 8.20. The van der Waals surface area contributed by atoms with Crippen molar-refractivity contribution in [2.24, 2.45) is 0 Å². The quantitative estimate of drug-likeness (QED) is 0.709. The summed E-state index contributed by atoms with van der Waals surface area (Å²) in [4.78, 5) is 10.2. The van der Waals surface area contributed by atoms with E-state index >= 15 is 0 Å². The summed E-state index contributed by atoms with van der Waals surface area (Å²) in [5.74, 6) is -0.830. The molecular formula is C13H17FO3. The van der Waals surface area contributed by atoms with Crippen molar-refractivity contribution in [2.45, 2.75) is 32.1 Å². The topological polar surface area (TPSA) is 46.5 Å². The number of carboxylic acid groups (broad SMARTS) is 1. The third-order valence-corrected chi connectivity index (χ3v) is 2.38. The van der Waals surface area contributed by atoms with Gasteiger partial charge in [0.1, 0.15) is 0 Å². The van der Waals surface area contributed by atoms with E-state index in [9.17, 15) is 9.18 Å². The van der Waals surface area contributed by atoms with Crippen LogP contribution in [0.2, 0.25) is 0 Å². The average Bonchev–Trinajstić information content (AvgIpc) is 2.30. The lowest BCUT2D eigenvalue weighted by molar-refractivity contribution is -0.137. The zero-order valence-electron chi connectivity index (χ0n) is 9.69. The zero-order valence-corrected chi connectivity index (χ0v) is 9.69. The second-order valence-electron chi connectivity index (χ2n) is 3.84. The molecule has 17 heavy (non-hydrogen) atoms. The smallest absolute Gasteiger partial charge is 0.303 e. The molecule has 0 aromatic heterocycles. The van der Waals surface area contributed by atoms with Gasteiger partial charge in [0.25, 0.3) is 0 Å². The van der Waals surface area contributed by atoms with Gasteiger partial charge in [0.05, 0.1) is 6.61 Å². The van der Waals surface area contributed by atoms with E-state index in [1.165, 1.54) is 6.07 Å². The summed E-state index contributed by atoms with van der Waals surface area (Å²) in [5.41, 5.74) is 0. The Kier molecular flexibility index (Phi) is 6.07. The van der Waals surface area contributed by atoms with Crippen molar-refractivity contribution < 1.29 is 19.0 Å². The molecule has 1 rings (SSSR count). The van der Waals surface area contributed by atoms with Gasteiger partial charge >= 0.3 is 5.97 Å². The van der Waals surface area contributed by atoms with Gasteiger partial charge in [0, 0.05) is 6.42 Å². The third-order valence-electron chi connectivity index (χ3n) is 2.38. The number of benzene rings is 1. The normalized spacial score (nSPS) is 10.2. The van der Waals surface area contributed by atoms with Crippen LogP contribution in [0.15, 0.2) is 24.3 Å². The minimum atomic E-state index is -0.757. The van der Waals surface area contributed by atoms with Crippen molar-refractivity contribution in [3.63, 3.8) is 0 Å². The number of carboxylic acids is 1. The first-order valence-electron chi connectivity index (χ1n) is 5.79. The molecule has 4 heteroatoms. The molecule has 0 fully saturated rings. The Hall–Kier alpha value is -1.58. The van der Waals surface area contributed by atoms with E-state index in [-0.39, 0.29) is 18.0 Å². The summed E-state index contributed by atoms with van der Waals surface area (Å²) >= 11 is 0. The highest BCUT2D eigenvalue weighted by molar-refractivity contribution is 5.66. The van der Waals surface area contributed by atoms with Gasteiger partial charge in [-0.25, -0.2) is 4.39 Å². The molecule has 0 spiro atoms. The van der Waals surface area contributed by atoms with Crippen molar-refractivity contribution >= 4 is 5.97 Å². The molecule has 1 aromatic carbocycles. The Balaban J connectivity index is 2.05. The van der Waals surface area contributed by atoms with Crippen molar-refractivity contribution in [1.29, 1.82) is 0 Å². The number of aliphatic carboxylic acids is 1. The molecule has 94 valence electrons. The van der Waals surface area contributed by atoms with Crippen LogP contribution in [0.5, 0.6) is 5.75 Å². The zero-order chi connectivity index (χ0) is 12.5. The van der Waals surface area contributed by atoms with Gasteiger partial charge in [0.15, 0.2) is 11.6 Å². The number of halogens is 1. The van der Waals surface area contributed by atoms with Gasteiger partial charge in [-0.05, 0) is 25.0 Å². The van der Waals surface area contributed by atoms with Crippen molar-refractivity contribution in [2.75, 3.05) is 6.61 Å². The summed E-state index contributed by atoms with van der Waals surface area (Å²) in [7, 11) is 0. The van der Waals surface area contributed by atoms with Crippen molar-refractivity contribution in [3.05, 3.63) is 30.1 Å². The standard InChI is InChI=1S/C13H17FO3/c14-11-7-4-5-8-12(11)17-10-6-2-1-3-9-13(15)16/h4-5,7-8H,1-3,6,9-10H2,(H,15,16). The molecule has 0 aliphatic heterocycles. The molecule has 3 nitrogen and oxygen atoms in total. The maximum Gasteiger partial charge on any atom is 0.303 e. The van der Waals surface area contributed by atoms with Crippen LogP contribution in [0, 0.1) is 5.82 Å². The van der Waals surface area contributed by atoms with Gasteiger partial charge in [-0.3, -0.25) is 4.79 Å². The van der Waals surface area contributed by atoms with E-state index in [0.717, 1.165) is 19.3 Å². The largest absolute Gasteiger partial charge is 0.491 e.